The maximum atomic E-state index is 12.9. The number of anilines is 1. The summed E-state index contributed by atoms with van der Waals surface area (Å²) in [7, 11) is -3.78. The number of rotatable bonds is 5. The summed E-state index contributed by atoms with van der Waals surface area (Å²) in [4.78, 5) is 16.4. The van der Waals surface area contributed by atoms with E-state index >= 15 is 0 Å². The number of aliphatic imine (C=N–C) groups is 1. The summed E-state index contributed by atoms with van der Waals surface area (Å²) in [6.07, 6.45) is 6.33. The van der Waals surface area contributed by atoms with Crippen molar-refractivity contribution in [3.05, 3.63) is 66.0 Å². The van der Waals surface area contributed by atoms with Gasteiger partial charge in [0.2, 0.25) is 5.91 Å². The number of sulfonamides is 1. The normalized spacial score (nSPS) is 14.9. The molecule has 0 atom stereocenters. The Morgan fingerprint density at radius 3 is 2.66 bits per heavy atom. The molecule has 0 aromatic heterocycles. The molecule has 1 heterocycles. The number of carbonyl (C=O) groups excluding carboxylic acids is 1. The first kappa shape index (κ1) is 20.7. The Balaban J connectivity index is 1.67. The number of carbonyl (C=O) groups is 1. The van der Waals surface area contributed by atoms with Crippen LogP contribution >= 0.6 is 0 Å². The molecule has 0 unspecified atom stereocenters. The van der Waals surface area contributed by atoms with Crippen LogP contribution in [0.2, 0.25) is 0 Å². The standard InChI is InChI=1S/C21H22FN3O3S/c22-17-11-8-16(9-12-17)10-13-21(26)24-18-5-4-6-19(15-18)29(27,28)25-20-7-2-1-3-14-23-20/h4-6,8-13,15H,1-3,7,14H2,(H,23,25)(H,24,26). The van der Waals surface area contributed by atoms with Crippen LogP contribution in [0.4, 0.5) is 10.1 Å². The van der Waals surface area contributed by atoms with E-state index in [4.69, 9.17) is 0 Å². The number of nitrogens with one attached hydrogen (secondary N) is 2. The number of amidine groups is 1. The van der Waals surface area contributed by atoms with Crippen molar-refractivity contribution < 1.29 is 17.6 Å². The highest BCUT2D eigenvalue weighted by Gasteiger charge is 2.17. The van der Waals surface area contributed by atoms with Crippen molar-refractivity contribution in [1.82, 2.24) is 4.72 Å². The molecule has 1 amide bonds. The van der Waals surface area contributed by atoms with Crippen LogP contribution < -0.4 is 10.0 Å². The predicted molar refractivity (Wildman–Crippen MR) is 112 cm³/mol. The van der Waals surface area contributed by atoms with Gasteiger partial charge in [-0.05, 0) is 54.8 Å². The monoisotopic (exact) mass is 415 g/mol. The highest BCUT2D eigenvalue weighted by molar-refractivity contribution is 7.90. The summed E-state index contributed by atoms with van der Waals surface area (Å²) in [6, 6.07) is 11.7. The lowest BCUT2D eigenvalue weighted by Crippen LogP contribution is -2.30. The number of hydrogen-bond acceptors (Lipinski definition) is 4. The van der Waals surface area contributed by atoms with Crippen molar-refractivity contribution in [3.63, 3.8) is 0 Å². The van der Waals surface area contributed by atoms with Crippen molar-refractivity contribution >= 4 is 33.5 Å². The Labute approximate surface area is 169 Å². The fourth-order valence-corrected chi connectivity index (χ4v) is 3.98. The van der Waals surface area contributed by atoms with Gasteiger partial charge in [0, 0.05) is 24.7 Å². The molecule has 0 saturated heterocycles. The summed E-state index contributed by atoms with van der Waals surface area (Å²) >= 11 is 0. The zero-order valence-corrected chi connectivity index (χ0v) is 16.6. The quantitative estimate of drug-likeness (QED) is 0.730. The fourth-order valence-electron chi connectivity index (χ4n) is 2.84. The minimum atomic E-state index is -3.78. The zero-order valence-electron chi connectivity index (χ0n) is 15.8. The Morgan fingerprint density at radius 1 is 1.07 bits per heavy atom. The van der Waals surface area contributed by atoms with E-state index in [1.54, 1.807) is 30.3 Å². The van der Waals surface area contributed by atoms with E-state index in [1.807, 2.05) is 0 Å². The van der Waals surface area contributed by atoms with Crippen LogP contribution in [0, 0.1) is 5.82 Å². The van der Waals surface area contributed by atoms with Crippen LogP contribution in [0.3, 0.4) is 0 Å². The molecule has 0 fully saturated rings. The summed E-state index contributed by atoms with van der Waals surface area (Å²) in [5.74, 6) is -0.308. The molecule has 29 heavy (non-hydrogen) atoms. The summed E-state index contributed by atoms with van der Waals surface area (Å²) in [6.45, 7) is 0.619. The van der Waals surface area contributed by atoms with Crippen molar-refractivity contribution in [3.8, 4) is 0 Å². The molecule has 0 saturated carbocycles. The number of hydrogen-bond donors (Lipinski definition) is 2. The second-order valence-corrected chi connectivity index (χ2v) is 8.33. The minimum absolute atomic E-state index is 0.0461. The molecule has 3 rings (SSSR count). The highest BCUT2D eigenvalue weighted by Crippen LogP contribution is 2.17. The highest BCUT2D eigenvalue weighted by atomic mass is 32.2. The van der Waals surface area contributed by atoms with Gasteiger partial charge in [0.05, 0.1) is 4.90 Å². The lowest BCUT2D eigenvalue weighted by Gasteiger charge is -2.11. The first-order chi connectivity index (χ1) is 13.9. The van der Waals surface area contributed by atoms with Gasteiger partial charge in [0.1, 0.15) is 11.7 Å². The molecule has 0 spiro atoms. The number of halogens is 1. The maximum absolute atomic E-state index is 12.9. The van der Waals surface area contributed by atoms with Gasteiger partial charge < -0.3 is 5.32 Å². The van der Waals surface area contributed by atoms with Gasteiger partial charge >= 0.3 is 0 Å². The van der Waals surface area contributed by atoms with Gasteiger partial charge in [0.15, 0.2) is 0 Å². The first-order valence-corrected chi connectivity index (χ1v) is 10.8. The van der Waals surface area contributed by atoms with Crippen LogP contribution in [0.5, 0.6) is 0 Å². The topological polar surface area (TPSA) is 87.6 Å². The van der Waals surface area contributed by atoms with Crippen molar-refractivity contribution in [2.75, 3.05) is 11.9 Å². The second-order valence-electron chi connectivity index (χ2n) is 6.65. The molecule has 8 heteroatoms. The van der Waals surface area contributed by atoms with Crippen LogP contribution in [-0.2, 0) is 14.8 Å². The third-order valence-corrected chi connectivity index (χ3v) is 5.71. The Hall–Kier alpha value is -3.00. The predicted octanol–water partition coefficient (Wildman–Crippen LogP) is 3.73. The van der Waals surface area contributed by atoms with Crippen LogP contribution in [0.15, 0.2) is 64.5 Å². The average molecular weight is 415 g/mol. The van der Waals surface area contributed by atoms with Gasteiger partial charge in [0.25, 0.3) is 10.0 Å². The van der Waals surface area contributed by atoms with E-state index in [2.05, 4.69) is 15.0 Å². The van der Waals surface area contributed by atoms with E-state index < -0.39 is 15.9 Å². The lowest BCUT2D eigenvalue weighted by atomic mass is 10.2. The van der Waals surface area contributed by atoms with Gasteiger partial charge in [-0.2, -0.15) is 0 Å². The number of benzene rings is 2. The largest absolute Gasteiger partial charge is 0.322 e. The van der Waals surface area contributed by atoms with Crippen molar-refractivity contribution in [1.29, 1.82) is 0 Å². The molecule has 2 aromatic rings. The molecule has 2 N–H and O–H groups in total. The third kappa shape index (κ3) is 6.25. The Morgan fingerprint density at radius 2 is 1.86 bits per heavy atom. The smallest absolute Gasteiger partial charge is 0.262 e. The average Bonchev–Trinajstić information content (AvgIpc) is 2.96. The molecule has 1 aliphatic rings. The van der Waals surface area contributed by atoms with E-state index in [0.29, 0.717) is 30.1 Å². The molecule has 2 aromatic carbocycles. The van der Waals surface area contributed by atoms with Crippen LogP contribution in [0.1, 0.15) is 31.2 Å². The summed E-state index contributed by atoms with van der Waals surface area (Å²) in [5.41, 5.74) is 1.02. The molecule has 0 aliphatic carbocycles. The van der Waals surface area contributed by atoms with E-state index in [0.717, 1.165) is 19.3 Å². The molecule has 152 valence electrons. The Bertz CT molecular complexity index is 1030. The molecule has 6 nitrogen and oxygen atoms in total. The second kappa shape index (κ2) is 9.47. The van der Waals surface area contributed by atoms with Crippen molar-refractivity contribution in [2.24, 2.45) is 4.99 Å². The molecular weight excluding hydrogens is 393 g/mol. The third-order valence-electron chi connectivity index (χ3n) is 4.34. The van der Waals surface area contributed by atoms with Gasteiger partial charge in [-0.3, -0.25) is 14.5 Å². The van der Waals surface area contributed by atoms with E-state index in [1.165, 1.54) is 30.3 Å². The molecule has 1 aliphatic heterocycles. The fraction of sp³-hybridized carbons (Fsp3) is 0.238. The minimum Gasteiger partial charge on any atom is -0.322 e. The van der Waals surface area contributed by atoms with Gasteiger partial charge in [-0.1, -0.05) is 24.6 Å². The van der Waals surface area contributed by atoms with Gasteiger partial charge in [-0.25, -0.2) is 12.8 Å². The van der Waals surface area contributed by atoms with E-state index in [-0.39, 0.29) is 10.7 Å². The number of amides is 1. The summed E-state index contributed by atoms with van der Waals surface area (Å²) in [5, 5.41) is 2.63. The molecule has 0 radical (unpaired) electrons. The molecular formula is C21H22FN3O3S. The van der Waals surface area contributed by atoms with Gasteiger partial charge in [-0.15, -0.1) is 0 Å². The van der Waals surface area contributed by atoms with Crippen LogP contribution in [-0.4, -0.2) is 26.7 Å². The Kier molecular flexibility index (Phi) is 6.77. The van der Waals surface area contributed by atoms with Crippen molar-refractivity contribution in [2.45, 2.75) is 30.6 Å². The molecule has 0 bridgehead atoms. The SMILES string of the molecule is O=C(C=Cc1ccc(F)cc1)Nc1cccc(S(=O)(=O)NC2=NCCCCC2)c1. The number of nitrogens with zero attached hydrogens (tertiary/aromatic N) is 1. The first-order valence-electron chi connectivity index (χ1n) is 9.33. The summed E-state index contributed by atoms with van der Waals surface area (Å²) < 4.78 is 40.7. The van der Waals surface area contributed by atoms with Crippen LogP contribution in [0.25, 0.3) is 6.08 Å². The zero-order chi connectivity index (χ0) is 20.7. The van der Waals surface area contributed by atoms with E-state index in [9.17, 15) is 17.6 Å². The maximum Gasteiger partial charge on any atom is 0.262 e. The lowest BCUT2D eigenvalue weighted by molar-refractivity contribution is -0.111.